The third-order valence-electron chi connectivity index (χ3n) is 0.757. The Kier molecular flexibility index (Phi) is 4.28. The van der Waals surface area contributed by atoms with E-state index < -0.39 is 6.09 Å². The summed E-state index contributed by atoms with van der Waals surface area (Å²) in [6.45, 7) is 3.46. The second kappa shape index (κ2) is 4.78. The van der Waals surface area contributed by atoms with Gasteiger partial charge in [0.1, 0.15) is 5.78 Å². The van der Waals surface area contributed by atoms with Crippen molar-refractivity contribution in [3.63, 3.8) is 0 Å². The Hall–Kier alpha value is -1.06. The van der Waals surface area contributed by atoms with E-state index in [1.54, 1.807) is 6.92 Å². The van der Waals surface area contributed by atoms with Crippen molar-refractivity contribution in [3.05, 3.63) is 0 Å². The van der Waals surface area contributed by atoms with Gasteiger partial charge in [0.2, 0.25) is 0 Å². The van der Waals surface area contributed by atoms with Gasteiger partial charge in [0.25, 0.3) is 0 Å². The SMILES string of the molecule is CCOC(=O)NCC(C)=O. The minimum atomic E-state index is -0.544. The van der Waals surface area contributed by atoms with E-state index >= 15 is 0 Å². The molecular formula is C6H11NO3. The average Bonchev–Trinajstić information content (AvgIpc) is 1.85. The molecule has 0 saturated carbocycles. The Morgan fingerprint density at radius 2 is 2.10 bits per heavy atom. The van der Waals surface area contributed by atoms with E-state index in [2.05, 4.69) is 10.1 Å². The zero-order valence-electron chi connectivity index (χ0n) is 6.14. The number of ether oxygens (including phenoxy) is 1. The summed E-state index contributed by atoms with van der Waals surface area (Å²) in [4.78, 5) is 20.7. The maximum absolute atomic E-state index is 10.5. The Labute approximate surface area is 59.6 Å². The lowest BCUT2D eigenvalue weighted by Gasteiger charge is -2.00. The highest BCUT2D eigenvalue weighted by Crippen LogP contribution is 1.75. The molecule has 0 aliphatic carbocycles. The molecule has 1 N–H and O–H groups in total. The lowest BCUT2D eigenvalue weighted by molar-refractivity contribution is -0.116. The molecule has 4 heteroatoms. The second-order valence-electron chi connectivity index (χ2n) is 1.78. The standard InChI is InChI=1S/C6H11NO3/c1-3-10-6(9)7-4-5(2)8/h3-4H2,1-2H3,(H,7,9). The number of alkyl carbamates (subject to hydrolysis) is 1. The van der Waals surface area contributed by atoms with Gasteiger partial charge < -0.3 is 10.1 Å². The van der Waals surface area contributed by atoms with Crippen molar-refractivity contribution in [2.24, 2.45) is 0 Å². The molecule has 0 aliphatic heterocycles. The van der Waals surface area contributed by atoms with Crippen LogP contribution in [0.4, 0.5) is 4.79 Å². The van der Waals surface area contributed by atoms with E-state index in [1.165, 1.54) is 6.92 Å². The van der Waals surface area contributed by atoms with Crippen LogP contribution < -0.4 is 5.32 Å². The largest absolute Gasteiger partial charge is 0.450 e. The van der Waals surface area contributed by atoms with Gasteiger partial charge in [-0.05, 0) is 13.8 Å². The molecule has 0 unspecified atom stereocenters. The first-order valence-electron chi connectivity index (χ1n) is 3.07. The number of Topliss-reactive ketones (excluding diaryl/α,β-unsaturated/α-hetero) is 1. The number of ketones is 1. The minimum absolute atomic E-state index is 0.0405. The Morgan fingerprint density at radius 3 is 2.50 bits per heavy atom. The molecule has 58 valence electrons. The minimum Gasteiger partial charge on any atom is -0.450 e. The molecular weight excluding hydrogens is 134 g/mol. The van der Waals surface area contributed by atoms with Crippen molar-refractivity contribution < 1.29 is 14.3 Å². The van der Waals surface area contributed by atoms with Gasteiger partial charge in [-0.15, -0.1) is 0 Å². The van der Waals surface area contributed by atoms with Crippen LogP contribution in [-0.2, 0) is 9.53 Å². The summed E-state index contributed by atoms with van der Waals surface area (Å²) in [5.41, 5.74) is 0. The summed E-state index contributed by atoms with van der Waals surface area (Å²) in [6, 6.07) is 0. The van der Waals surface area contributed by atoms with Crippen LogP contribution in [0.5, 0.6) is 0 Å². The maximum atomic E-state index is 10.5. The van der Waals surface area contributed by atoms with Crippen LogP contribution in [0, 0.1) is 0 Å². The normalized spacial score (nSPS) is 8.60. The van der Waals surface area contributed by atoms with Crippen molar-refractivity contribution in [1.82, 2.24) is 5.32 Å². The van der Waals surface area contributed by atoms with E-state index in [1.807, 2.05) is 0 Å². The fraction of sp³-hybridized carbons (Fsp3) is 0.667. The summed E-state index contributed by atoms with van der Waals surface area (Å²) in [5, 5.41) is 2.27. The van der Waals surface area contributed by atoms with Crippen LogP contribution in [0.15, 0.2) is 0 Å². The Morgan fingerprint density at radius 1 is 1.50 bits per heavy atom. The number of nitrogens with one attached hydrogen (secondary N) is 1. The maximum Gasteiger partial charge on any atom is 0.407 e. The molecule has 0 bridgehead atoms. The molecule has 0 radical (unpaired) electrons. The number of hydrogen-bond acceptors (Lipinski definition) is 3. The molecule has 4 nitrogen and oxygen atoms in total. The molecule has 10 heavy (non-hydrogen) atoms. The first-order valence-corrected chi connectivity index (χ1v) is 3.07. The molecule has 0 aromatic rings. The van der Waals surface area contributed by atoms with Gasteiger partial charge in [-0.3, -0.25) is 4.79 Å². The molecule has 0 heterocycles. The van der Waals surface area contributed by atoms with E-state index in [0.717, 1.165) is 0 Å². The molecule has 0 aromatic carbocycles. The summed E-state index contributed by atoms with van der Waals surface area (Å²) in [6.07, 6.45) is -0.544. The van der Waals surface area contributed by atoms with Gasteiger partial charge in [-0.2, -0.15) is 0 Å². The van der Waals surface area contributed by atoms with Crippen LogP contribution in [0.1, 0.15) is 13.8 Å². The van der Waals surface area contributed by atoms with Gasteiger partial charge >= 0.3 is 6.09 Å². The van der Waals surface area contributed by atoms with Crippen molar-refractivity contribution in [3.8, 4) is 0 Å². The van der Waals surface area contributed by atoms with Crippen LogP contribution >= 0.6 is 0 Å². The van der Waals surface area contributed by atoms with E-state index in [9.17, 15) is 9.59 Å². The zero-order valence-corrected chi connectivity index (χ0v) is 6.14. The van der Waals surface area contributed by atoms with Crippen LogP contribution in [-0.4, -0.2) is 25.0 Å². The molecule has 0 aliphatic rings. The Balaban J connectivity index is 3.30. The fourth-order valence-electron chi connectivity index (χ4n) is 0.379. The third-order valence-corrected chi connectivity index (χ3v) is 0.757. The highest BCUT2D eigenvalue weighted by molar-refractivity contribution is 5.81. The average molecular weight is 145 g/mol. The number of carbonyl (C=O) groups is 2. The van der Waals surface area contributed by atoms with Crippen molar-refractivity contribution in [2.75, 3.05) is 13.2 Å². The quantitative estimate of drug-likeness (QED) is 0.622. The number of hydrogen-bond donors (Lipinski definition) is 1. The van der Waals surface area contributed by atoms with Crippen LogP contribution in [0.2, 0.25) is 0 Å². The predicted molar refractivity (Wildman–Crippen MR) is 35.7 cm³/mol. The number of rotatable bonds is 3. The monoisotopic (exact) mass is 145 g/mol. The smallest absolute Gasteiger partial charge is 0.407 e. The summed E-state index contributed by atoms with van der Waals surface area (Å²) in [7, 11) is 0. The van der Waals surface area contributed by atoms with Gasteiger partial charge in [-0.25, -0.2) is 4.79 Å². The van der Waals surface area contributed by atoms with E-state index in [0.29, 0.717) is 6.61 Å². The summed E-state index contributed by atoms with van der Waals surface area (Å²) in [5.74, 6) is -0.0898. The lowest BCUT2D eigenvalue weighted by Crippen LogP contribution is -2.28. The van der Waals surface area contributed by atoms with Gasteiger partial charge in [0.05, 0.1) is 13.2 Å². The molecule has 0 rings (SSSR count). The number of amides is 1. The van der Waals surface area contributed by atoms with E-state index in [4.69, 9.17) is 0 Å². The number of carbonyl (C=O) groups excluding carboxylic acids is 2. The fourth-order valence-corrected chi connectivity index (χ4v) is 0.379. The summed E-state index contributed by atoms with van der Waals surface area (Å²) >= 11 is 0. The third kappa shape index (κ3) is 5.08. The first kappa shape index (κ1) is 8.94. The van der Waals surface area contributed by atoms with Crippen LogP contribution in [0.3, 0.4) is 0 Å². The molecule has 0 atom stereocenters. The topological polar surface area (TPSA) is 55.4 Å². The van der Waals surface area contributed by atoms with E-state index in [-0.39, 0.29) is 12.3 Å². The molecule has 1 amide bonds. The molecule has 0 aromatic heterocycles. The van der Waals surface area contributed by atoms with Gasteiger partial charge in [0.15, 0.2) is 0 Å². The predicted octanol–water partition coefficient (Wildman–Crippen LogP) is 0.322. The van der Waals surface area contributed by atoms with Crippen molar-refractivity contribution in [2.45, 2.75) is 13.8 Å². The highest BCUT2D eigenvalue weighted by atomic mass is 16.5. The summed E-state index contributed by atoms with van der Waals surface area (Å²) < 4.78 is 4.49. The van der Waals surface area contributed by atoms with Crippen molar-refractivity contribution in [1.29, 1.82) is 0 Å². The van der Waals surface area contributed by atoms with Crippen LogP contribution in [0.25, 0.3) is 0 Å². The molecule has 0 spiro atoms. The molecule has 0 fully saturated rings. The second-order valence-corrected chi connectivity index (χ2v) is 1.78. The van der Waals surface area contributed by atoms with Crippen molar-refractivity contribution >= 4 is 11.9 Å². The first-order chi connectivity index (χ1) is 4.66. The zero-order chi connectivity index (χ0) is 7.98. The molecule has 0 saturated heterocycles. The highest BCUT2D eigenvalue weighted by Gasteiger charge is 1.99. The Bertz CT molecular complexity index is 133. The van der Waals surface area contributed by atoms with Gasteiger partial charge in [-0.1, -0.05) is 0 Å². The van der Waals surface area contributed by atoms with Gasteiger partial charge in [0, 0.05) is 0 Å². The lowest BCUT2D eigenvalue weighted by atomic mass is 10.4.